The van der Waals surface area contributed by atoms with Crippen LogP contribution in [-0.2, 0) is 6.42 Å². The van der Waals surface area contributed by atoms with Crippen LogP contribution < -0.4 is 5.32 Å². The van der Waals surface area contributed by atoms with Gasteiger partial charge in [-0.05, 0) is 29.4 Å². The van der Waals surface area contributed by atoms with Crippen LogP contribution in [0.4, 0.5) is 5.69 Å². The fourth-order valence-corrected chi connectivity index (χ4v) is 2.32. The zero-order chi connectivity index (χ0) is 11.0. The standard InChI is InChI=1S/C14H21N/c1-9(2)12-7-5-6-11-8-13(10(3)4)15-14(11)12/h5-7,9-10,13,15H,8H2,1-4H3. The van der Waals surface area contributed by atoms with Crippen LogP contribution in [0.5, 0.6) is 0 Å². The van der Waals surface area contributed by atoms with Gasteiger partial charge in [-0.3, -0.25) is 0 Å². The van der Waals surface area contributed by atoms with Crippen molar-refractivity contribution in [2.24, 2.45) is 5.92 Å². The number of hydrogen-bond acceptors (Lipinski definition) is 1. The highest BCUT2D eigenvalue weighted by molar-refractivity contribution is 5.63. The molecule has 1 aliphatic heterocycles. The molecule has 0 radical (unpaired) electrons. The van der Waals surface area contributed by atoms with Crippen LogP contribution in [0.2, 0.25) is 0 Å². The van der Waals surface area contributed by atoms with E-state index in [4.69, 9.17) is 0 Å². The van der Waals surface area contributed by atoms with Gasteiger partial charge in [0.2, 0.25) is 0 Å². The Morgan fingerprint density at radius 1 is 1.20 bits per heavy atom. The third-order valence-corrected chi connectivity index (χ3v) is 3.38. The second-order valence-electron chi connectivity index (χ2n) is 5.24. The molecule has 1 nitrogen and oxygen atoms in total. The number of para-hydroxylation sites is 1. The van der Waals surface area contributed by atoms with E-state index >= 15 is 0 Å². The van der Waals surface area contributed by atoms with Gasteiger partial charge in [-0.2, -0.15) is 0 Å². The number of fused-ring (bicyclic) bond motifs is 1. The monoisotopic (exact) mass is 203 g/mol. The lowest BCUT2D eigenvalue weighted by molar-refractivity contribution is 0.538. The van der Waals surface area contributed by atoms with Crippen molar-refractivity contribution in [2.45, 2.75) is 46.1 Å². The summed E-state index contributed by atoms with van der Waals surface area (Å²) in [6.07, 6.45) is 1.19. The molecule has 1 aliphatic rings. The highest BCUT2D eigenvalue weighted by Crippen LogP contribution is 2.35. The van der Waals surface area contributed by atoms with Gasteiger partial charge >= 0.3 is 0 Å². The quantitative estimate of drug-likeness (QED) is 0.771. The van der Waals surface area contributed by atoms with E-state index in [1.165, 1.54) is 23.2 Å². The number of hydrogen-bond donors (Lipinski definition) is 1. The molecule has 0 bridgehead atoms. The van der Waals surface area contributed by atoms with E-state index in [0.717, 1.165) is 0 Å². The first-order valence-corrected chi connectivity index (χ1v) is 5.98. The minimum atomic E-state index is 0.610. The van der Waals surface area contributed by atoms with Gasteiger partial charge in [0, 0.05) is 11.7 Å². The molecular weight excluding hydrogens is 182 g/mol. The molecule has 0 aliphatic carbocycles. The first-order valence-electron chi connectivity index (χ1n) is 5.98. The first-order chi connectivity index (χ1) is 7.09. The van der Waals surface area contributed by atoms with Crippen molar-refractivity contribution in [2.75, 3.05) is 5.32 Å². The maximum absolute atomic E-state index is 3.68. The van der Waals surface area contributed by atoms with E-state index in [2.05, 4.69) is 51.2 Å². The summed E-state index contributed by atoms with van der Waals surface area (Å²) in [4.78, 5) is 0. The van der Waals surface area contributed by atoms with E-state index < -0.39 is 0 Å². The molecule has 0 amide bonds. The minimum Gasteiger partial charge on any atom is -0.381 e. The largest absolute Gasteiger partial charge is 0.381 e. The van der Waals surface area contributed by atoms with Crippen LogP contribution in [0.3, 0.4) is 0 Å². The molecule has 1 heteroatoms. The van der Waals surface area contributed by atoms with Crippen molar-refractivity contribution >= 4 is 5.69 Å². The molecule has 82 valence electrons. The van der Waals surface area contributed by atoms with Crippen molar-refractivity contribution in [1.82, 2.24) is 0 Å². The third kappa shape index (κ3) is 1.88. The third-order valence-electron chi connectivity index (χ3n) is 3.38. The van der Waals surface area contributed by atoms with Gasteiger partial charge < -0.3 is 5.32 Å². The average Bonchev–Trinajstić information content (AvgIpc) is 2.60. The van der Waals surface area contributed by atoms with Crippen molar-refractivity contribution in [3.8, 4) is 0 Å². The number of nitrogens with one attached hydrogen (secondary N) is 1. The van der Waals surface area contributed by atoms with Gasteiger partial charge in [0.1, 0.15) is 0 Å². The Morgan fingerprint density at radius 2 is 1.93 bits per heavy atom. The van der Waals surface area contributed by atoms with E-state index in [0.29, 0.717) is 17.9 Å². The molecule has 0 aromatic heterocycles. The summed E-state index contributed by atoms with van der Waals surface area (Å²) in [6.45, 7) is 9.11. The molecule has 1 N–H and O–H groups in total. The Labute approximate surface area is 92.9 Å². The molecule has 0 fully saturated rings. The predicted octanol–water partition coefficient (Wildman–Crippen LogP) is 3.80. The van der Waals surface area contributed by atoms with Crippen LogP contribution in [0, 0.1) is 5.92 Å². The molecule has 0 saturated heterocycles. The summed E-state index contributed by atoms with van der Waals surface area (Å²) >= 11 is 0. The van der Waals surface area contributed by atoms with Gasteiger partial charge in [0.25, 0.3) is 0 Å². The maximum atomic E-state index is 3.68. The minimum absolute atomic E-state index is 0.610. The summed E-state index contributed by atoms with van der Waals surface area (Å²) in [5.41, 5.74) is 4.38. The molecule has 15 heavy (non-hydrogen) atoms. The Bertz CT molecular complexity index is 352. The summed E-state index contributed by atoms with van der Waals surface area (Å²) in [7, 11) is 0. The van der Waals surface area contributed by atoms with Crippen LogP contribution in [0.1, 0.15) is 44.7 Å². The molecule has 1 unspecified atom stereocenters. The Kier molecular flexibility index (Phi) is 2.72. The Balaban J connectivity index is 2.33. The second kappa shape index (κ2) is 3.88. The van der Waals surface area contributed by atoms with Crippen LogP contribution in [0.15, 0.2) is 18.2 Å². The lowest BCUT2D eigenvalue weighted by Crippen LogP contribution is -2.22. The fourth-order valence-electron chi connectivity index (χ4n) is 2.32. The van der Waals surface area contributed by atoms with Crippen molar-refractivity contribution < 1.29 is 0 Å². The lowest BCUT2D eigenvalue weighted by Gasteiger charge is -2.17. The van der Waals surface area contributed by atoms with Gasteiger partial charge in [-0.25, -0.2) is 0 Å². The first kappa shape index (κ1) is 10.5. The van der Waals surface area contributed by atoms with E-state index in [1.54, 1.807) is 0 Å². The zero-order valence-electron chi connectivity index (χ0n) is 10.2. The normalized spacial score (nSPS) is 19.5. The lowest BCUT2D eigenvalue weighted by atomic mass is 9.97. The zero-order valence-corrected chi connectivity index (χ0v) is 10.2. The van der Waals surface area contributed by atoms with E-state index in [9.17, 15) is 0 Å². The molecule has 1 aromatic rings. The highest BCUT2D eigenvalue weighted by atomic mass is 15.0. The summed E-state index contributed by atoms with van der Waals surface area (Å²) in [5.74, 6) is 1.32. The van der Waals surface area contributed by atoms with Gasteiger partial charge in [0.15, 0.2) is 0 Å². The molecule has 1 atom stereocenters. The van der Waals surface area contributed by atoms with Crippen molar-refractivity contribution in [3.05, 3.63) is 29.3 Å². The molecular formula is C14H21N. The van der Waals surface area contributed by atoms with E-state index in [1.807, 2.05) is 0 Å². The second-order valence-corrected chi connectivity index (χ2v) is 5.24. The molecule has 1 heterocycles. The number of anilines is 1. The van der Waals surface area contributed by atoms with Crippen molar-refractivity contribution in [1.29, 1.82) is 0 Å². The van der Waals surface area contributed by atoms with Crippen LogP contribution >= 0.6 is 0 Å². The van der Waals surface area contributed by atoms with Crippen molar-refractivity contribution in [3.63, 3.8) is 0 Å². The van der Waals surface area contributed by atoms with Gasteiger partial charge in [-0.15, -0.1) is 0 Å². The smallest absolute Gasteiger partial charge is 0.0411 e. The van der Waals surface area contributed by atoms with Crippen LogP contribution in [-0.4, -0.2) is 6.04 Å². The van der Waals surface area contributed by atoms with Gasteiger partial charge in [-0.1, -0.05) is 45.9 Å². The van der Waals surface area contributed by atoms with Gasteiger partial charge in [0.05, 0.1) is 0 Å². The molecule has 1 aromatic carbocycles. The molecule has 2 rings (SSSR count). The summed E-state index contributed by atoms with van der Waals surface area (Å²) in [6, 6.07) is 7.33. The molecule has 0 saturated carbocycles. The van der Waals surface area contributed by atoms with Crippen LogP contribution in [0.25, 0.3) is 0 Å². The maximum Gasteiger partial charge on any atom is 0.0411 e. The average molecular weight is 203 g/mol. The molecule has 0 spiro atoms. The summed E-state index contributed by atoms with van der Waals surface area (Å²) in [5, 5.41) is 3.68. The Morgan fingerprint density at radius 3 is 2.53 bits per heavy atom. The topological polar surface area (TPSA) is 12.0 Å². The summed E-state index contributed by atoms with van der Waals surface area (Å²) < 4.78 is 0. The predicted molar refractivity (Wildman–Crippen MR) is 66.5 cm³/mol. The SMILES string of the molecule is CC(C)c1cccc2c1NC(C(C)C)C2. The highest BCUT2D eigenvalue weighted by Gasteiger charge is 2.25. The fraction of sp³-hybridized carbons (Fsp3) is 0.571. The number of benzene rings is 1. The van der Waals surface area contributed by atoms with E-state index in [-0.39, 0.29) is 0 Å². The Hall–Kier alpha value is -0.980. The number of rotatable bonds is 2.